The molecule has 1 heterocycles. The van der Waals surface area contributed by atoms with Crippen LogP contribution in [0.5, 0.6) is 0 Å². The SMILES string of the molecule is Cc1ccccc1NC1=NCc2ccccc2N1. The highest BCUT2D eigenvalue weighted by Gasteiger charge is 2.10. The van der Waals surface area contributed by atoms with Gasteiger partial charge in [-0.1, -0.05) is 36.4 Å². The third-order valence-electron chi connectivity index (χ3n) is 3.08. The van der Waals surface area contributed by atoms with Crippen molar-refractivity contribution in [3.8, 4) is 0 Å². The van der Waals surface area contributed by atoms with Crippen LogP contribution in [0.1, 0.15) is 11.1 Å². The summed E-state index contributed by atoms with van der Waals surface area (Å²) >= 11 is 0. The Balaban J connectivity index is 1.81. The van der Waals surface area contributed by atoms with E-state index in [1.807, 2.05) is 24.3 Å². The Morgan fingerprint density at radius 2 is 1.83 bits per heavy atom. The van der Waals surface area contributed by atoms with E-state index in [1.54, 1.807) is 0 Å². The lowest BCUT2D eigenvalue weighted by atomic mass is 10.1. The van der Waals surface area contributed by atoms with Gasteiger partial charge >= 0.3 is 0 Å². The van der Waals surface area contributed by atoms with Gasteiger partial charge in [-0.05, 0) is 30.2 Å². The first kappa shape index (κ1) is 10.8. The fourth-order valence-corrected chi connectivity index (χ4v) is 2.02. The van der Waals surface area contributed by atoms with E-state index in [0.29, 0.717) is 0 Å². The number of para-hydroxylation sites is 2. The number of nitrogens with one attached hydrogen (secondary N) is 2. The maximum Gasteiger partial charge on any atom is 0.200 e. The molecule has 3 nitrogen and oxygen atoms in total. The third kappa shape index (κ3) is 2.07. The lowest BCUT2D eigenvalue weighted by molar-refractivity contribution is 1.04. The van der Waals surface area contributed by atoms with Crippen LogP contribution in [0, 0.1) is 6.92 Å². The second-order valence-electron chi connectivity index (χ2n) is 4.39. The summed E-state index contributed by atoms with van der Waals surface area (Å²) in [6, 6.07) is 16.4. The number of aliphatic imine (C=N–C) groups is 1. The molecule has 0 bridgehead atoms. The van der Waals surface area contributed by atoms with Crippen molar-refractivity contribution in [1.29, 1.82) is 0 Å². The lowest BCUT2D eigenvalue weighted by Gasteiger charge is -2.20. The maximum atomic E-state index is 4.50. The molecule has 1 aliphatic heterocycles. The first-order chi connectivity index (χ1) is 8.83. The zero-order valence-electron chi connectivity index (χ0n) is 10.3. The lowest BCUT2D eigenvalue weighted by Crippen LogP contribution is -2.26. The molecule has 0 saturated heterocycles. The maximum absolute atomic E-state index is 4.50. The van der Waals surface area contributed by atoms with Crippen LogP contribution in [0.2, 0.25) is 0 Å². The van der Waals surface area contributed by atoms with Crippen molar-refractivity contribution in [1.82, 2.24) is 0 Å². The smallest absolute Gasteiger partial charge is 0.200 e. The summed E-state index contributed by atoms with van der Waals surface area (Å²) in [7, 11) is 0. The van der Waals surface area contributed by atoms with Crippen LogP contribution in [0.25, 0.3) is 0 Å². The molecular formula is C15H15N3. The molecule has 0 radical (unpaired) electrons. The molecule has 0 spiro atoms. The first-order valence-corrected chi connectivity index (χ1v) is 6.05. The molecule has 3 heteroatoms. The van der Waals surface area contributed by atoms with Crippen molar-refractivity contribution in [3.05, 3.63) is 59.7 Å². The van der Waals surface area contributed by atoms with Gasteiger partial charge in [-0.25, -0.2) is 4.99 Å². The number of rotatable bonds is 1. The molecule has 90 valence electrons. The predicted octanol–water partition coefficient (Wildman–Crippen LogP) is 3.39. The predicted molar refractivity (Wildman–Crippen MR) is 76.0 cm³/mol. The number of benzene rings is 2. The number of hydrogen-bond donors (Lipinski definition) is 2. The van der Waals surface area contributed by atoms with Gasteiger partial charge in [0, 0.05) is 11.4 Å². The summed E-state index contributed by atoms with van der Waals surface area (Å²) in [5, 5.41) is 6.64. The van der Waals surface area contributed by atoms with E-state index in [1.165, 1.54) is 11.1 Å². The van der Waals surface area contributed by atoms with Crippen molar-refractivity contribution in [2.24, 2.45) is 4.99 Å². The van der Waals surface area contributed by atoms with Gasteiger partial charge in [0.15, 0.2) is 0 Å². The number of anilines is 2. The minimum atomic E-state index is 0.720. The van der Waals surface area contributed by atoms with Crippen molar-refractivity contribution in [3.63, 3.8) is 0 Å². The van der Waals surface area contributed by atoms with Crippen LogP contribution < -0.4 is 10.6 Å². The molecule has 0 atom stereocenters. The highest BCUT2D eigenvalue weighted by Crippen LogP contribution is 2.21. The minimum Gasteiger partial charge on any atom is -0.326 e. The Bertz CT molecular complexity index is 602. The molecule has 2 aromatic carbocycles. The van der Waals surface area contributed by atoms with Crippen LogP contribution >= 0.6 is 0 Å². The number of guanidine groups is 1. The fourth-order valence-electron chi connectivity index (χ4n) is 2.02. The molecule has 0 aliphatic carbocycles. The van der Waals surface area contributed by atoms with Crippen LogP contribution in [-0.4, -0.2) is 5.96 Å². The Labute approximate surface area is 107 Å². The molecular weight excluding hydrogens is 222 g/mol. The molecule has 2 aromatic rings. The molecule has 0 aromatic heterocycles. The van der Waals surface area contributed by atoms with E-state index in [-0.39, 0.29) is 0 Å². The molecule has 3 rings (SSSR count). The topological polar surface area (TPSA) is 36.4 Å². The summed E-state index contributed by atoms with van der Waals surface area (Å²) in [4.78, 5) is 4.50. The molecule has 1 aliphatic rings. The summed E-state index contributed by atoms with van der Waals surface area (Å²) in [5.41, 5.74) is 4.65. The quantitative estimate of drug-likeness (QED) is 0.797. The molecule has 18 heavy (non-hydrogen) atoms. The van der Waals surface area contributed by atoms with Crippen LogP contribution in [0.3, 0.4) is 0 Å². The fraction of sp³-hybridized carbons (Fsp3) is 0.133. The highest BCUT2D eigenvalue weighted by molar-refractivity contribution is 6.05. The summed E-state index contributed by atoms with van der Waals surface area (Å²) in [5.74, 6) is 0.808. The molecule has 2 N–H and O–H groups in total. The number of hydrogen-bond acceptors (Lipinski definition) is 3. The summed E-state index contributed by atoms with van der Waals surface area (Å²) < 4.78 is 0. The standard InChI is InChI=1S/C15H15N3/c1-11-6-2-4-8-13(11)17-15-16-10-12-7-3-5-9-14(12)18-15/h2-9H,10H2,1H3,(H2,16,17,18). The van der Waals surface area contributed by atoms with E-state index in [9.17, 15) is 0 Å². The highest BCUT2D eigenvalue weighted by atomic mass is 15.2. The van der Waals surface area contributed by atoms with Gasteiger partial charge in [0.1, 0.15) is 0 Å². The monoisotopic (exact) mass is 237 g/mol. The summed E-state index contributed by atoms with van der Waals surface area (Å²) in [6.45, 7) is 2.80. The molecule has 0 amide bonds. The van der Waals surface area contributed by atoms with Crippen molar-refractivity contribution in [2.45, 2.75) is 13.5 Å². The van der Waals surface area contributed by atoms with Gasteiger partial charge in [0.05, 0.1) is 6.54 Å². The summed E-state index contributed by atoms with van der Waals surface area (Å²) in [6.07, 6.45) is 0. The average Bonchev–Trinajstić information content (AvgIpc) is 2.41. The van der Waals surface area contributed by atoms with Crippen molar-refractivity contribution < 1.29 is 0 Å². The normalized spacial score (nSPS) is 13.3. The second kappa shape index (κ2) is 4.53. The Morgan fingerprint density at radius 3 is 2.72 bits per heavy atom. The third-order valence-corrected chi connectivity index (χ3v) is 3.08. The molecule has 0 unspecified atom stereocenters. The Hall–Kier alpha value is -2.29. The van der Waals surface area contributed by atoms with Crippen molar-refractivity contribution in [2.75, 3.05) is 10.6 Å². The second-order valence-corrected chi connectivity index (χ2v) is 4.39. The van der Waals surface area contributed by atoms with Crippen LogP contribution in [0.4, 0.5) is 11.4 Å². The Kier molecular flexibility index (Phi) is 2.73. The van der Waals surface area contributed by atoms with Crippen LogP contribution in [0.15, 0.2) is 53.5 Å². The van der Waals surface area contributed by atoms with Crippen LogP contribution in [-0.2, 0) is 6.54 Å². The largest absolute Gasteiger partial charge is 0.326 e. The van der Waals surface area contributed by atoms with E-state index in [2.05, 4.69) is 46.8 Å². The first-order valence-electron chi connectivity index (χ1n) is 6.05. The van der Waals surface area contributed by atoms with Gasteiger partial charge in [-0.3, -0.25) is 0 Å². The average molecular weight is 237 g/mol. The van der Waals surface area contributed by atoms with E-state index >= 15 is 0 Å². The number of nitrogens with zero attached hydrogens (tertiary/aromatic N) is 1. The van der Waals surface area contributed by atoms with E-state index < -0.39 is 0 Å². The van der Waals surface area contributed by atoms with Crippen molar-refractivity contribution >= 4 is 17.3 Å². The van der Waals surface area contributed by atoms with Gasteiger partial charge in [-0.2, -0.15) is 0 Å². The molecule has 0 fully saturated rings. The Morgan fingerprint density at radius 1 is 1.06 bits per heavy atom. The zero-order chi connectivity index (χ0) is 12.4. The van der Waals surface area contributed by atoms with Gasteiger partial charge in [0.25, 0.3) is 0 Å². The van der Waals surface area contributed by atoms with E-state index in [4.69, 9.17) is 0 Å². The number of aryl methyl sites for hydroxylation is 1. The van der Waals surface area contributed by atoms with Gasteiger partial charge < -0.3 is 10.6 Å². The minimum absolute atomic E-state index is 0.720. The molecule has 0 saturated carbocycles. The van der Waals surface area contributed by atoms with Gasteiger partial charge in [-0.15, -0.1) is 0 Å². The van der Waals surface area contributed by atoms with Gasteiger partial charge in [0.2, 0.25) is 5.96 Å². The van der Waals surface area contributed by atoms with E-state index in [0.717, 1.165) is 23.9 Å². The zero-order valence-corrected chi connectivity index (χ0v) is 10.3. The number of fused-ring (bicyclic) bond motifs is 1.